The normalized spacial score (nSPS) is 12.2. The summed E-state index contributed by atoms with van der Waals surface area (Å²) >= 11 is 0. The highest BCUT2D eigenvalue weighted by atomic mass is 19.4. The predicted molar refractivity (Wildman–Crippen MR) is 51.3 cm³/mol. The summed E-state index contributed by atoms with van der Waals surface area (Å²) in [5.74, 6) is -0.893. The molecule has 5 heteroatoms. The van der Waals surface area contributed by atoms with Crippen LogP contribution in [0.2, 0.25) is 0 Å². The lowest BCUT2D eigenvalue weighted by Gasteiger charge is -2.11. The smallest absolute Gasteiger partial charge is 0.374 e. The molecule has 0 aromatic heterocycles. The number of hydrogen-bond acceptors (Lipinski definition) is 1. The highest BCUT2D eigenvalue weighted by Gasteiger charge is 2.31. The number of rotatable bonds is 3. The van der Waals surface area contributed by atoms with Gasteiger partial charge in [-0.3, -0.25) is 0 Å². The summed E-state index contributed by atoms with van der Waals surface area (Å²) in [5.41, 5.74) is -0.861. The zero-order valence-corrected chi connectivity index (χ0v) is 8.94. The van der Waals surface area contributed by atoms with Crippen molar-refractivity contribution >= 4 is 0 Å². The van der Waals surface area contributed by atoms with Crippen molar-refractivity contribution in [2.75, 3.05) is 0 Å². The fraction of sp³-hybridized carbons (Fsp3) is 0.455. The lowest BCUT2D eigenvalue weighted by Crippen LogP contribution is -2.08. The maximum Gasteiger partial charge on any atom is 0.416 e. The van der Waals surface area contributed by atoms with Crippen molar-refractivity contribution in [3.8, 4) is 0 Å². The fourth-order valence-corrected chi connectivity index (χ4v) is 1.10. The van der Waals surface area contributed by atoms with Gasteiger partial charge in [0.2, 0.25) is 0 Å². The van der Waals surface area contributed by atoms with Crippen molar-refractivity contribution in [3.05, 3.63) is 35.1 Å². The molecule has 0 radical (unpaired) electrons. The van der Waals surface area contributed by atoms with Crippen LogP contribution in [0, 0.1) is 5.82 Å². The molecule has 0 fully saturated rings. The summed E-state index contributed by atoms with van der Waals surface area (Å²) in [4.78, 5) is 0. The van der Waals surface area contributed by atoms with Crippen LogP contribution < -0.4 is 0 Å². The van der Waals surface area contributed by atoms with Gasteiger partial charge in [0, 0.05) is 5.56 Å². The number of halogens is 4. The molecule has 1 aromatic rings. The molecular formula is C11H12F4O. The molecule has 0 N–H and O–H groups in total. The van der Waals surface area contributed by atoms with Gasteiger partial charge in [-0.25, -0.2) is 4.39 Å². The Bertz CT molecular complexity index is 357. The maximum absolute atomic E-state index is 13.3. The van der Waals surface area contributed by atoms with Gasteiger partial charge in [-0.05, 0) is 26.0 Å². The van der Waals surface area contributed by atoms with E-state index in [-0.39, 0.29) is 18.3 Å². The van der Waals surface area contributed by atoms with Crippen LogP contribution in [0.1, 0.15) is 25.0 Å². The number of ether oxygens (including phenoxy) is 1. The van der Waals surface area contributed by atoms with E-state index in [4.69, 9.17) is 4.74 Å². The molecule has 16 heavy (non-hydrogen) atoms. The van der Waals surface area contributed by atoms with Crippen molar-refractivity contribution < 1.29 is 22.3 Å². The Balaban J connectivity index is 2.84. The van der Waals surface area contributed by atoms with E-state index >= 15 is 0 Å². The van der Waals surface area contributed by atoms with Gasteiger partial charge in [0.25, 0.3) is 0 Å². The second-order valence-electron chi connectivity index (χ2n) is 3.66. The maximum atomic E-state index is 13.3. The quantitative estimate of drug-likeness (QED) is 0.726. The Morgan fingerprint density at radius 2 is 1.88 bits per heavy atom. The molecule has 1 aromatic carbocycles. The lowest BCUT2D eigenvalue weighted by atomic mass is 10.1. The minimum Gasteiger partial charge on any atom is -0.374 e. The summed E-state index contributed by atoms with van der Waals surface area (Å²) < 4.78 is 55.0. The molecule has 0 amide bonds. The molecule has 90 valence electrons. The van der Waals surface area contributed by atoms with Crippen LogP contribution in [-0.2, 0) is 17.5 Å². The number of benzene rings is 1. The Morgan fingerprint density at radius 3 is 2.31 bits per heavy atom. The van der Waals surface area contributed by atoms with E-state index in [1.807, 2.05) is 0 Å². The highest BCUT2D eigenvalue weighted by Crippen LogP contribution is 2.30. The molecule has 0 aliphatic carbocycles. The monoisotopic (exact) mass is 236 g/mol. The van der Waals surface area contributed by atoms with E-state index in [0.717, 1.165) is 12.1 Å². The van der Waals surface area contributed by atoms with E-state index < -0.39 is 17.6 Å². The van der Waals surface area contributed by atoms with Gasteiger partial charge >= 0.3 is 6.18 Å². The first-order valence-corrected chi connectivity index (χ1v) is 4.78. The molecule has 0 aliphatic heterocycles. The van der Waals surface area contributed by atoms with Crippen molar-refractivity contribution in [3.63, 3.8) is 0 Å². The van der Waals surface area contributed by atoms with Crippen LogP contribution in [0.4, 0.5) is 17.6 Å². The third-order valence-corrected chi connectivity index (χ3v) is 1.95. The first kappa shape index (κ1) is 13.0. The molecule has 0 aliphatic rings. The highest BCUT2D eigenvalue weighted by molar-refractivity contribution is 5.25. The average molecular weight is 236 g/mol. The number of hydrogen-bond donors (Lipinski definition) is 0. The van der Waals surface area contributed by atoms with E-state index in [0.29, 0.717) is 6.07 Å². The van der Waals surface area contributed by atoms with Crippen LogP contribution >= 0.6 is 0 Å². The van der Waals surface area contributed by atoms with Crippen molar-refractivity contribution in [1.29, 1.82) is 0 Å². The van der Waals surface area contributed by atoms with Crippen LogP contribution in [0.5, 0.6) is 0 Å². The Kier molecular flexibility index (Phi) is 3.91. The second kappa shape index (κ2) is 4.82. The van der Waals surface area contributed by atoms with Gasteiger partial charge in [0.1, 0.15) is 5.82 Å². The van der Waals surface area contributed by atoms with Gasteiger partial charge in [0.05, 0.1) is 18.3 Å². The molecule has 0 spiro atoms. The molecule has 0 atom stereocenters. The summed E-state index contributed by atoms with van der Waals surface area (Å²) in [6, 6.07) is 2.43. The molecular weight excluding hydrogens is 224 g/mol. The van der Waals surface area contributed by atoms with Crippen LogP contribution in [-0.4, -0.2) is 6.10 Å². The number of alkyl halides is 3. The summed E-state index contributed by atoms with van der Waals surface area (Å²) in [7, 11) is 0. The Morgan fingerprint density at radius 1 is 1.25 bits per heavy atom. The van der Waals surface area contributed by atoms with Gasteiger partial charge in [-0.1, -0.05) is 6.07 Å². The standard InChI is InChI=1S/C11H12F4O/c1-7(2)16-6-8-3-4-9(5-10(8)12)11(13,14)15/h3-5,7H,6H2,1-2H3. The van der Waals surface area contributed by atoms with E-state index in [2.05, 4.69) is 0 Å². The zero-order chi connectivity index (χ0) is 12.3. The van der Waals surface area contributed by atoms with E-state index in [1.54, 1.807) is 13.8 Å². The minimum atomic E-state index is -4.52. The molecule has 0 unspecified atom stereocenters. The lowest BCUT2D eigenvalue weighted by molar-refractivity contribution is -0.137. The van der Waals surface area contributed by atoms with Crippen molar-refractivity contribution in [2.45, 2.75) is 32.7 Å². The first-order chi connectivity index (χ1) is 7.30. The van der Waals surface area contributed by atoms with Crippen LogP contribution in [0.25, 0.3) is 0 Å². The zero-order valence-electron chi connectivity index (χ0n) is 8.94. The summed E-state index contributed by atoms with van der Waals surface area (Å²) in [6.07, 6.45) is -4.61. The largest absolute Gasteiger partial charge is 0.416 e. The van der Waals surface area contributed by atoms with E-state index in [9.17, 15) is 17.6 Å². The predicted octanol–water partition coefficient (Wildman–Crippen LogP) is 3.77. The minimum absolute atomic E-state index is 0.0262. The molecule has 0 heterocycles. The average Bonchev–Trinajstić information content (AvgIpc) is 2.14. The van der Waals surface area contributed by atoms with Gasteiger partial charge < -0.3 is 4.74 Å². The Hall–Kier alpha value is -1.10. The molecule has 0 saturated carbocycles. The third-order valence-electron chi connectivity index (χ3n) is 1.95. The summed E-state index contributed by atoms with van der Waals surface area (Å²) in [6.45, 7) is 3.51. The second-order valence-corrected chi connectivity index (χ2v) is 3.66. The van der Waals surface area contributed by atoms with Crippen LogP contribution in [0.3, 0.4) is 0 Å². The molecule has 1 rings (SSSR count). The van der Waals surface area contributed by atoms with Gasteiger partial charge in [-0.2, -0.15) is 13.2 Å². The van der Waals surface area contributed by atoms with E-state index in [1.165, 1.54) is 0 Å². The van der Waals surface area contributed by atoms with Crippen LogP contribution in [0.15, 0.2) is 18.2 Å². The molecule has 0 saturated heterocycles. The topological polar surface area (TPSA) is 9.23 Å². The van der Waals surface area contributed by atoms with Crippen molar-refractivity contribution in [1.82, 2.24) is 0 Å². The molecule has 1 nitrogen and oxygen atoms in total. The third kappa shape index (κ3) is 3.48. The van der Waals surface area contributed by atoms with Gasteiger partial charge in [0.15, 0.2) is 0 Å². The first-order valence-electron chi connectivity index (χ1n) is 4.78. The summed E-state index contributed by atoms with van der Waals surface area (Å²) in [5, 5.41) is 0. The van der Waals surface area contributed by atoms with Gasteiger partial charge in [-0.15, -0.1) is 0 Å². The SMILES string of the molecule is CC(C)OCc1ccc(C(F)(F)F)cc1F. The molecule has 0 bridgehead atoms. The fourth-order valence-electron chi connectivity index (χ4n) is 1.10. The van der Waals surface area contributed by atoms with Crippen molar-refractivity contribution in [2.24, 2.45) is 0 Å². The Labute approximate surface area is 91.0 Å².